The number of benzene rings is 2. The van der Waals surface area contributed by atoms with E-state index in [9.17, 15) is 14.4 Å². The van der Waals surface area contributed by atoms with Crippen molar-refractivity contribution in [1.29, 1.82) is 0 Å². The fraction of sp³-hybridized carbons (Fsp3) is 0.600. The Bertz CT molecular complexity index is 1180. The molecule has 7 heteroatoms. The SMILES string of the molecule is C.CC(=O)C(C)(C)CCc1ccc(CCC(C)(C)C(=O)O)cc1.CC(C)CCCc1ccc(CCCC(C)(C)C(=O)O)cc1.O=C=O. The van der Waals surface area contributed by atoms with Gasteiger partial charge in [0.15, 0.2) is 0 Å². The highest BCUT2D eigenvalue weighted by Crippen LogP contribution is 2.26. The van der Waals surface area contributed by atoms with E-state index in [1.807, 2.05) is 13.8 Å². The summed E-state index contributed by atoms with van der Waals surface area (Å²) in [6.45, 7) is 17.3. The molecule has 2 N–H and O–H groups in total. The maximum atomic E-state index is 11.5. The molecule has 0 bridgehead atoms. The third kappa shape index (κ3) is 19.6. The Kier molecular flexibility index (Phi) is 21.4. The van der Waals surface area contributed by atoms with Crippen LogP contribution in [0.1, 0.15) is 131 Å². The fourth-order valence-corrected chi connectivity index (χ4v) is 4.50. The van der Waals surface area contributed by atoms with Crippen molar-refractivity contribution in [2.45, 2.75) is 134 Å². The number of carboxylic acid groups (broad SMARTS) is 2. The number of aliphatic carboxylic acids is 2. The summed E-state index contributed by atoms with van der Waals surface area (Å²) in [7, 11) is 0. The smallest absolute Gasteiger partial charge is 0.373 e. The molecule has 0 saturated heterocycles. The van der Waals surface area contributed by atoms with Crippen LogP contribution in [-0.4, -0.2) is 34.1 Å². The van der Waals surface area contributed by atoms with Gasteiger partial charge in [-0.15, -0.1) is 0 Å². The van der Waals surface area contributed by atoms with Gasteiger partial charge in [-0.2, -0.15) is 9.59 Å². The number of hydrogen-bond donors (Lipinski definition) is 2. The van der Waals surface area contributed by atoms with Gasteiger partial charge in [0.25, 0.3) is 0 Å². The third-order valence-corrected chi connectivity index (χ3v) is 8.75. The number of Topliss-reactive ketones (excluding diaryl/α,β-unsaturated/α-hetero) is 1. The molecule has 0 spiro atoms. The highest BCUT2D eigenvalue weighted by atomic mass is 16.4. The quantitative estimate of drug-likeness (QED) is 0.174. The van der Waals surface area contributed by atoms with Gasteiger partial charge in [0.2, 0.25) is 0 Å². The topological polar surface area (TPSA) is 126 Å². The summed E-state index contributed by atoms with van der Waals surface area (Å²) < 4.78 is 0. The van der Waals surface area contributed by atoms with E-state index in [-0.39, 0.29) is 24.8 Å². The molecule has 47 heavy (non-hydrogen) atoms. The van der Waals surface area contributed by atoms with Crippen molar-refractivity contribution in [2.75, 3.05) is 0 Å². The van der Waals surface area contributed by atoms with Crippen molar-refractivity contribution in [3.05, 3.63) is 70.8 Å². The Morgan fingerprint density at radius 2 is 0.894 bits per heavy atom. The summed E-state index contributed by atoms with van der Waals surface area (Å²) >= 11 is 0. The second-order valence-electron chi connectivity index (χ2n) is 14.7. The van der Waals surface area contributed by atoms with Crippen molar-refractivity contribution >= 4 is 23.9 Å². The first-order valence-electron chi connectivity index (χ1n) is 16.4. The molecule has 0 unspecified atom stereocenters. The van der Waals surface area contributed by atoms with Crippen LogP contribution in [0.15, 0.2) is 48.5 Å². The van der Waals surface area contributed by atoms with Gasteiger partial charge in [-0.1, -0.05) is 90.1 Å². The van der Waals surface area contributed by atoms with E-state index in [4.69, 9.17) is 19.8 Å². The van der Waals surface area contributed by atoms with Crippen molar-refractivity contribution < 1.29 is 34.2 Å². The largest absolute Gasteiger partial charge is 0.481 e. The summed E-state index contributed by atoms with van der Waals surface area (Å²) in [5.74, 6) is -0.458. The Morgan fingerprint density at radius 1 is 0.596 bits per heavy atom. The highest BCUT2D eigenvalue weighted by molar-refractivity contribution is 5.81. The van der Waals surface area contributed by atoms with Crippen LogP contribution in [0.25, 0.3) is 0 Å². The van der Waals surface area contributed by atoms with Crippen molar-refractivity contribution in [3.8, 4) is 0 Å². The van der Waals surface area contributed by atoms with Gasteiger partial charge in [-0.3, -0.25) is 14.4 Å². The zero-order chi connectivity index (χ0) is 35.6. The number of ketones is 1. The number of aryl methyl sites for hydroxylation is 4. The maximum Gasteiger partial charge on any atom is 0.373 e. The lowest BCUT2D eigenvalue weighted by Gasteiger charge is -2.21. The zero-order valence-electron chi connectivity index (χ0n) is 29.7. The Morgan fingerprint density at radius 3 is 1.21 bits per heavy atom. The summed E-state index contributed by atoms with van der Waals surface area (Å²) in [6.07, 6.45) is 9.66. The second kappa shape index (κ2) is 22.1. The van der Waals surface area contributed by atoms with E-state index < -0.39 is 22.8 Å². The lowest BCUT2D eigenvalue weighted by Crippen LogP contribution is -2.24. The molecule has 0 aromatic heterocycles. The Labute approximate surface area is 284 Å². The van der Waals surface area contributed by atoms with Crippen molar-refractivity contribution in [2.24, 2.45) is 22.2 Å². The standard InChI is InChI=1S/C19H28O3.C19H30O2.CO2.CH4/c1-14(20)18(2,3)12-10-15-6-8-16(9-7-15)11-13-19(4,5)17(21)22;1-15(2)7-5-8-16-10-12-17(13-11-16)9-6-14-19(3,4)18(20)21;2-1-3;/h6-9H,10-13H2,1-5H3,(H,21,22);10-13,15H,5-9,14H2,1-4H3,(H,20,21);;1H4. The molecule has 0 aliphatic heterocycles. The average molecular weight is 655 g/mol. The van der Waals surface area contributed by atoms with Gasteiger partial charge < -0.3 is 10.2 Å². The molecule has 7 nitrogen and oxygen atoms in total. The average Bonchev–Trinajstić information content (AvgIpc) is 2.97. The molecule has 0 heterocycles. The number of carboxylic acids is 2. The monoisotopic (exact) mass is 654 g/mol. The van der Waals surface area contributed by atoms with E-state index >= 15 is 0 Å². The first-order chi connectivity index (χ1) is 21.3. The molecule has 0 saturated carbocycles. The molecule has 0 amide bonds. The Balaban J connectivity index is 0. The van der Waals surface area contributed by atoms with Crippen molar-refractivity contribution in [1.82, 2.24) is 0 Å². The minimum Gasteiger partial charge on any atom is -0.481 e. The number of carbonyl (C=O) groups excluding carboxylic acids is 3. The maximum absolute atomic E-state index is 11.5. The molecule has 0 radical (unpaired) electrons. The minimum atomic E-state index is -0.754. The third-order valence-electron chi connectivity index (χ3n) is 8.75. The van der Waals surface area contributed by atoms with E-state index in [1.54, 1.807) is 34.6 Å². The van der Waals surface area contributed by atoms with Crippen LogP contribution < -0.4 is 0 Å². The lowest BCUT2D eigenvalue weighted by atomic mass is 9.82. The van der Waals surface area contributed by atoms with Crippen LogP contribution in [0, 0.1) is 22.2 Å². The number of carbonyl (C=O) groups is 3. The van der Waals surface area contributed by atoms with Gasteiger partial charge in [-0.05, 0) is 121 Å². The zero-order valence-corrected chi connectivity index (χ0v) is 29.7. The van der Waals surface area contributed by atoms with Crippen LogP contribution >= 0.6 is 0 Å². The molecule has 2 rings (SSSR count). The molecule has 264 valence electrons. The van der Waals surface area contributed by atoms with Gasteiger partial charge >= 0.3 is 18.1 Å². The van der Waals surface area contributed by atoms with Crippen LogP contribution in [0.4, 0.5) is 0 Å². The van der Waals surface area contributed by atoms with Gasteiger partial charge in [0.05, 0.1) is 10.8 Å². The minimum absolute atomic E-state index is 0. The van der Waals surface area contributed by atoms with Crippen LogP contribution in [0.3, 0.4) is 0 Å². The molecule has 2 aromatic carbocycles. The number of hydrogen-bond acceptors (Lipinski definition) is 5. The first-order valence-corrected chi connectivity index (χ1v) is 16.4. The number of rotatable bonds is 17. The van der Waals surface area contributed by atoms with Gasteiger partial charge in [0.1, 0.15) is 5.78 Å². The summed E-state index contributed by atoms with van der Waals surface area (Å²) in [5.41, 5.74) is 3.51. The second-order valence-corrected chi connectivity index (χ2v) is 14.7. The summed E-state index contributed by atoms with van der Waals surface area (Å²) in [6, 6.07) is 17.1. The normalized spacial score (nSPS) is 11.2. The lowest BCUT2D eigenvalue weighted by molar-refractivity contribution is -0.191. The van der Waals surface area contributed by atoms with E-state index in [1.165, 1.54) is 29.5 Å². The molecule has 0 aliphatic rings. The molecular weight excluding hydrogens is 592 g/mol. The molecule has 0 fully saturated rings. The van der Waals surface area contributed by atoms with Crippen LogP contribution in [0.2, 0.25) is 0 Å². The van der Waals surface area contributed by atoms with Crippen LogP contribution in [0.5, 0.6) is 0 Å². The molecular formula is C40H62O7. The summed E-state index contributed by atoms with van der Waals surface area (Å²) in [5, 5.41) is 18.2. The van der Waals surface area contributed by atoms with E-state index in [0.717, 1.165) is 56.4 Å². The highest BCUT2D eigenvalue weighted by Gasteiger charge is 2.27. The predicted octanol–water partition coefficient (Wildman–Crippen LogP) is 9.43. The van der Waals surface area contributed by atoms with Crippen molar-refractivity contribution in [3.63, 3.8) is 0 Å². The summed E-state index contributed by atoms with van der Waals surface area (Å²) in [4.78, 5) is 49.9. The van der Waals surface area contributed by atoms with E-state index in [0.29, 0.717) is 6.42 Å². The van der Waals surface area contributed by atoms with Gasteiger partial charge in [-0.25, -0.2) is 0 Å². The first kappa shape index (κ1) is 45.6. The molecule has 0 atom stereocenters. The van der Waals surface area contributed by atoms with Crippen LogP contribution in [-0.2, 0) is 49.7 Å². The van der Waals surface area contributed by atoms with E-state index in [2.05, 4.69) is 62.4 Å². The fourth-order valence-electron chi connectivity index (χ4n) is 4.50. The van der Waals surface area contributed by atoms with Gasteiger partial charge in [0, 0.05) is 5.41 Å². The Hall–Kier alpha value is -3.57. The molecule has 2 aromatic rings. The predicted molar refractivity (Wildman–Crippen MR) is 189 cm³/mol. The molecule has 0 aliphatic carbocycles.